The van der Waals surface area contributed by atoms with Gasteiger partial charge < -0.3 is 14.8 Å². The average Bonchev–Trinajstić information content (AvgIpc) is 2.69. The summed E-state index contributed by atoms with van der Waals surface area (Å²) in [4.78, 5) is 0. The molecule has 0 aromatic rings. The summed E-state index contributed by atoms with van der Waals surface area (Å²) >= 11 is 0. The Morgan fingerprint density at radius 3 is 3.00 bits per heavy atom. The third-order valence-electron chi connectivity index (χ3n) is 2.56. The summed E-state index contributed by atoms with van der Waals surface area (Å²) in [6.07, 6.45) is 2.38. The van der Waals surface area contributed by atoms with Crippen LogP contribution in [0.2, 0.25) is 0 Å². The fourth-order valence-corrected chi connectivity index (χ4v) is 3.22. The summed E-state index contributed by atoms with van der Waals surface area (Å²) in [6.45, 7) is 1.43. The highest BCUT2D eigenvalue weighted by molar-refractivity contribution is 7.85. The van der Waals surface area contributed by atoms with Crippen molar-refractivity contribution in [2.75, 3.05) is 38.9 Å². The molecule has 1 aliphatic rings. The van der Waals surface area contributed by atoms with Crippen LogP contribution in [0.25, 0.3) is 0 Å². The molecule has 1 aliphatic heterocycles. The number of methoxy groups -OCH3 is 1. The highest BCUT2D eigenvalue weighted by Gasteiger charge is 2.20. The Hall–Kier alpha value is 0.0300. The summed E-state index contributed by atoms with van der Waals surface area (Å²) in [6, 6.07) is 0.178. The van der Waals surface area contributed by atoms with Crippen LogP contribution in [0.5, 0.6) is 0 Å². The molecule has 3 unspecified atom stereocenters. The number of ether oxygens (including phenoxy) is 2. The van der Waals surface area contributed by atoms with Crippen LogP contribution in [-0.4, -0.2) is 55.2 Å². The zero-order valence-corrected chi connectivity index (χ0v) is 10.3. The quantitative estimate of drug-likeness (QED) is 0.682. The minimum absolute atomic E-state index is 0.178. The van der Waals surface area contributed by atoms with E-state index in [1.807, 2.05) is 7.05 Å². The molecule has 1 heterocycles. The minimum Gasteiger partial charge on any atom is -0.383 e. The van der Waals surface area contributed by atoms with Gasteiger partial charge in [0.1, 0.15) is 0 Å². The van der Waals surface area contributed by atoms with Gasteiger partial charge in [-0.15, -0.1) is 0 Å². The van der Waals surface area contributed by atoms with E-state index in [0.29, 0.717) is 18.1 Å². The normalized spacial score (nSPS) is 25.3. The van der Waals surface area contributed by atoms with E-state index in [9.17, 15) is 4.21 Å². The van der Waals surface area contributed by atoms with Crippen molar-refractivity contribution in [3.63, 3.8) is 0 Å². The van der Waals surface area contributed by atoms with Gasteiger partial charge in [0.15, 0.2) is 0 Å². The van der Waals surface area contributed by atoms with Gasteiger partial charge in [-0.25, -0.2) is 0 Å². The second kappa shape index (κ2) is 7.33. The summed E-state index contributed by atoms with van der Waals surface area (Å²) in [5.74, 6) is 1.31. The number of likely N-dealkylation sites (N-methyl/N-ethyl adjacent to an activating group) is 1. The van der Waals surface area contributed by atoms with Crippen LogP contribution in [0.15, 0.2) is 0 Å². The zero-order valence-electron chi connectivity index (χ0n) is 9.53. The highest BCUT2D eigenvalue weighted by atomic mass is 32.2. The second-order valence-electron chi connectivity index (χ2n) is 3.85. The van der Waals surface area contributed by atoms with Crippen LogP contribution in [-0.2, 0) is 20.3 Å². The molecule has 0 aromatic heterocycles. The molecular formula is C10H21NO3S. The summed E-state index contributed by atoms with van der Waals surface area (Å²) in [5.41, 5.74) is 0. The minimum atomic E-state index is -0.809. The van der Waals surface area contributed by atoms with E-state index in [1.165, 1.54) is 0 Å². The molecule has 0 saturated carbocycles. The molecule has 0 spiro atoms. The molecule has 1 fully saturated rings. The maximum absolute atomic E-state index is 11.8. The molecular weight excluding hydrogens is 214 g/mol. The molecule has 1 rings (SSSR count). The van der Waals surface area contributed by atoms with Crippen LogP contribution in [0, 0.1) is 0 Å². The number of rotatable bonds is 7. The molecule has 4 nitrogen and oxygen atoms in total. The van der Waals surface area contributed by atoms with E-state index in [-0.39, 0.29) is 12.1 Å². The summed E-state index contributed by atoms with van der Waals surface area (Å²) in [5, 5.41) is 3.10. The van der Waals surface area contributed by atoms with Gasteiger partial charge in [0, 0.05) is 42.1 Å². The Bertz CT molecular complexity index is 195. The SMILES string of the molecule is CNC(COC)CS(=O)CC1CCCO1. The monoisotopic (exact) mass is 235 g/mol. The molecule has 0 aliphatic carbocycles. The van der Waals surface area contributed by atoms with Crippen molar-refractivity contribution in [2.24, 2.45) is 0 Å². The lowest BCUT2D eigenvalue weighted by Crippen LogP contribution is -2.36. The smallest absolute Gasteiger partial charge is 0.0691 e. The van der Waals surface area contributed by atoms with Crippen LogP contribution in [0.1, 0.15) is 12.8 Å². The van der Waals surface area contributed by atoms with Gasteiger partial charge in [-0.3, -0.25) is 4.21 Å². The fourth-order valence-electron chi connectivity index (χ4n) is 1.69. The lowest BCUT2D eigenvalue weighted by Gasteiger charge is -2.16. The second-order valence-corrected chi connectivity index (χ2v) is 5.40. The molecule has 0 radical (unpaired) electrons. The number of nitrogens with one attached hydrogen (secondary N) is 1. The van der Waals surface area contributed by atoms with Gasteiger partial charge in [0.2, 0.25) is 0 Å². The maximum Gasteiger partial charge on any atom is 0.0691 e. The molecule has 15 heavy (non-hydrogen) atoms. The van der Waals surface area contributed by atoms with Crippen LogP contribution in [0.4, 0.5) is 0 Å². The van der Waals surface area contributed by atoms with Crippen molar-refractivity contribution in [3.8, 4) is 0 Å². The lowest BCUT2D eigenvalue weighted by molar-refractivity contribution is 0.128. The molecule has 3 atom stereocenters. The van der Waals surface area contributed by atoms with Crippen molar-refractivity contribution >= 4 is 10.8 Å². The zero-order chi connectivity index (χ0) is 11.1. The third kappa shape index (κ3) is 5.06. The Balaban J connectivity index is 2.20. The van der Waals surface area contributed by atoms with Gasteiger partial charge in [-0.1, -0.05) is 0 Å². The van der Waals surface area contributed by atoms with Crippen molar-refractivity contribution in [3.05, 3.63) is 0 Å². The van der Waals surface area contributed by atoms with Crippen molar-refractivity contribution in [1.29, 1.82) is 0 Å². The Morgan fingerprint density at radius 2 is 2.47 bits per heavy atom. The third-order valence-corrected chi connectivity index (χ3v) is 4.08. The van der Waals surface area contributed by atoms with Crippen molar-refractivity contribution < 1.29 is 13.7 Å². The molecule has 90 valence electrons. The lowest BCUT2D eigenvalue weighted by atomic mass is 10.3. The van der Waals surface area contributed by atoms with Gasteiger partial charge in [0.25, 0.3) is 0 Å². The predicted molar refractivity (Wildman–Crippen MR) is 61.6 cm³/mol. The topological polar surface area (TPSA) is 47.6 Å². The summed E-state index contributed by atoms with van der Waals surface area (Å²) in [7, 11) is 2.72. The molecule has 0 aromatic carbocycles. The molecule has 0 bridgehead atoms. The number of hydrogen-bond donors (Lipinski definition) is 1. The molecule has 0 amide bonds. The van der Waals surface area contributed by atoms with Crippen molar-refractivity contribution in [1.82, 2.24) is 5.32 Å². The van der Waals surface area contributed by atoms with E-state index in [0.717, 1.165) is 19.4 Å². The van der Waals surface area contributed by atoms with Crippen LogP contribution >= 0.6 is 0 Å². The van der Waals surface area contributed by atoms with Crippen molar-refractivity contribution in [2.45, 2.75) is 25.0 Å². The largest absolute Gasteiger partial charge is 0.383 e. The van der Waals surface area contributed by atoms with E-state index in [1.54, 1.807) is 7.11 Å². The van der Waals surface area contributed by atoms with Gasteiger partial charge in [-0.2, -0.15) is 0 Å². The highest BCUT2D eigenvalue weighted by Crippen LogP contribution is 2.13. The standard InChI is InChI=1S/C10H21NO3S/c1-11-9(6-13-2)7-15(12)8-10-4-3-5-14-10/h9-11H,3-8H2,1-2H3. The first-order chi connectivity index (χ1) is 7.26. The van der Waals surface area contributed by atoms with Crippen LogP contribution in [0.3, 0.4) is 0 Å². The van der Waals surface area contributed by atoms with Gasteiger partial charge in [-0.05, 0) is 19.9 Å². The van der Waals surface area contributed by atoms with Gasteiger partial charge >= 0.3 is 0 Å². The fraction of sp³-hybridized carbons (Fsp3) is 1.00. The molecule has 5 heteroatoms. The maximum atomic E-state index is 11.8. The van der Waals surface area contributed by atoms with Gasteiger partial charge in [0.05, 0.1) is 12.7 Å². The first-order valence-corrected chi connectivity index (χ1v) is 6.88. The van der Waals surface area contributed by atoms with E-state index in [2.05, 4.69) is 5.32 Å². The molecule has 1 N–H and O–H groups in total. The average molecular weight is 235 g/mol. The number of hydrogen-bond acceptors (Lipinski definition) is 4. The Kier molecular flexibility index (Phi) is 6.40. The van der Waals surface area contributed by atoms with Crippen LogP contribution < -0.4 is 5.32 Å². The summed E-state index contributed by atoms with van der Waals surface area (Å²) < 4.78 is 22.3. The first kappa shape index (κ1) is 13.1. The molecule has 1 saturated heterocycles. The van der Waals surface area contributed by atoms with E-state index >= 15 is 0 Å². The predicted octanol–water partition coefficient (Wildman–Crippen LogP) is 0.149. The first-order valence-electron chi connectivity index (χ1n) is 5.39. The Morgan fingerprint density at radius 1 is 1.67 bits per heavy atom. The van der Waals surface area contributed by atoms with E-state index in [4.69, 9.17) is 9.47 Å². The van der Waals surface area contributed by atoms with E-state index < -0.39 is 10.8 Å². The Labute approximate surface area is 94.2 Å².